The smallest absolute Gasteiger partial charge is 0.285 e. The van der Waals surface area contributed by atoms with E-state index < -0.39 is 10.0 Å². The maximum absolute atomic E-state index is 12.8. The van der Waals surface area contributed by atoms with Gasteiger partial charge in [0.25, 0.3) is 15.9 Å². The molecule has 1 aliphatic heterocycles. The fourth-order valence-corrected chi connectivity index (χ4v) is 5.24. The summed E-state index contributed by atoms with van der Waals surface area (Å²) in [6.45, 7) is 0. The molecule has 1 saturated heterocycles. The quantitative estimate of drug-likeness (QED) is 0.567. The number of amidine groups is 1. The number of thioether (sulfide) groups is 1. The van der Waals surface area contributed by atoms with Crippen molar-refractivity contribution >= 4 is 65.6 Å². The first-order valence-corrected chi connectivity index (χ1v) is 11.3. The number of hydrogen-bond donors (Lipinski definition) is 1. The molecule has 1 N–H and O–H groups in total. The van der Waals surface area contributed by atoms with Gasteiger partial charge in [0, 0.05) is 9.86 Å². The summed E-state index contributed by atoms with van der Waals surface area (Å²) in [6.07, 6.45) is 1.69. The Labute approximate surface area is 174 Å². The third-order valence-corrected chi connectivity index (χ3v) is 6.94. The number of carbonyl (C=O) groups is 1. The largest absolute Gasteiger partial charge is 0.300 e. The van der Waals surface area contributed by atoms with Gasteiger partial charge in [-0.05, 0) is 47.0 Å². The van der Waals surface area contributed by atoms with Gasteiger partial charge in [-0.25, -0.2) is 0 Å². The number of rotatable bonds is 3. The number of halogens is 1. The molecule has 0 unspecified atom stereocenters. The molecule has 0 aromatic heterocycles. The van der Waals surface area contributed by atoms with Crippen LogP contribution in [0.25, 0.3) is 16.8 Å². The molecule has 0 radical (unpaired) electrons. The molecule has 28 heavy (non-hydrogen) atoms. The molecule has 0 saturated carbocycles. The molecule has 0 spiro atoms. The van der Waals surface area contributed by atoms with Crippen molar-refractivity contribution in [2.45, 2.75) is 4.90 Å². The standard InChI is InChI=1S/C20H13BrN2O3S2/c21-15-10-8-13(9-11-15)12-17-19(24)22-20(27-17)23-28(25,26)18-7-3-5-14-4-1-2-6-16(14)18/h1-12H,(H,22,23,24)/b17-12-. The highest BCUT2D eigenvalue weighted by atomic mass is 79.9. The topological polar surface area (TPSA) is 75.6 Å². The van der Waals surface area contributed by atoms with Crippen LogP contribution in [0.2, 0.25) is 0 Å². The van der Waals surface area contributed by atoms with Gasteiger partial charge in [0.2, 0.25) is 0 Å². The highest BCUT2D eigenvalue weighted by Gasteiger charge is 2.27. The summed E-state index contributed by atoms with van der Waals surface area (Å²) < 4.78 is 30.5. The average molecular weight is 473 g/mol. The van der Waals surface area contributed by atoms with E-state index in [0.29, 0.717) is 10.3 Å². The Hall–Kier alpha value is -2.42. The van der Waals surface area contributed by atoms with Gasteiger partial charge in [0.05, 0.1) is 9.80 Å². The van der Waals surface area contributed by atoms with Crippen molar-refractivity contribution in [1.29, 1.82) is 0 Å². The zero-order valence-corrected chi connectivity index (χ0v) is 17.5. The molecule has 8 heteroatoms. The maximum atomic E-state index is 12.8. The first-order valence-electron chi connectivity index (χ1n) is 8.22. The molecule has 3 aromatic rings. The van der Waals surface area contributed by atoms with Crippen molar-refractivity contribution in [3.05, 3.63) is 81.7 Å². The van der Waals surface area contributed by atoms with E-state index in [1.807, 2.05) is 42.5 Å². The first-order chi connectivity index (χ1) is 13.4. The van der Waals surface area contributed by atoms with Crippen molar-refractivity contribution in [1.82, 2.24) is 5.32 Å². The van der Waals surface area contributed by atoms with Gasteiger partial charge < -0.3 is 0 Å². The molecule has 3 aromatic carbocycles. The van der Waals surface area contributed by atoms with Gasteiger partial charge in [0.1, 0.15) is 0 Å². The second-order valence-electron chi connectivity index (χ2n) is 5.97. The van der Waals surface area contributed by atoms with Crippen LogP contribution in [0.4, 0.5) is 0 Å². The molecular weight excluding hydrogens is 460 g/mol. The molecule has 0 aliphatic carbocycles. The molecular formula is C20H13BrN2O3S2. The number of nitrogens with zero attached hydrogens (tertiary/aromatic N) is 1. The van der Waals surface area contributed by atoms with E-state index >= 15 is 0 Å². The molecule has 1 fully saturated rings. The SMILES string of the molecule is O=C1NC(=NS(=O)(=O)c2cccc3ccccc23)S/C1=C\c1ccc(Br)cc1. The normalized spacial score (nSPS) is 17.4. The number of sulfonamides is 1. The minimum absolute atomic E-state index is 0.0429. The highest BCUT2D eigenvalue weighted by Crippen LogP contribution is 2.29. The first kappa shape index (κ1) is 18.9. The Kier molecular flexibility index (Phi) is 5.09. The van der Waals surface area contributed by atoms with Crippen molar-refractivity contribution < 1.29 is 13.2 Å². The second-order valence-corrected chi connectivity index (χ2v) is 9.48. The summed E-state index contributed by atoms with van der Waals surface area (Å²) in [7, 11) is -3.98. The van der Waals surface area contributed by atoms with Crippen LogP contribution in [0.3, 0.4) is 0 Å². The average Bonchev–Trinajstić information content (AvgIpc) is 3.01. The highest BCUT2D eigenvalue weighted by molar-refractivity contribution is 9.10. The number of benzene rings is 3. The molecule has 0 bridgehead atoms. The van der Waals surface area contributed by atoms with Gasteiger partial charge in [-0.1, -0.05) is 64.5 Å². The van der Waals surface area contributed by atoms with Crippen LogP contribution in [0.5, 0.6) is 0 Å². The van der Waals surface area contributed by atoms with Gasteiger partial charge in [-0.15, -0.1) is 4.40 Å². The van der Waals surface area contributed by atoms with Crippen molar-refractivity contribution in [3.63, 3.8) is 0 Å². The number of fused-ring (bicyclic) bond motifs is 1. The Morgan fingerprint density at radius 2 is 1.68 bits per heavy atom. The van der Waals surface area contributed by atoms with Gasteiger partial charge >= 0.3 is 0 Å². The van der Waals surface area contributed by atoms with E-state index in [1.54, 1.807) is 24.3 Å². The van der Waals surface area contributed by atoms with E-state index in [2.05, 4.69) is 25.6 Å². The maximum Gasteiger partial charge on any atom is 0.285 e. The Bertz CT molecular complexity index is 1240. The molecule has 1 aliphatic rings. The predicted octanol–water partition coefficient (Wildman–Crippen LogP) is 4.55. The zero-order valence-electron chi connectivity index (χ0n) is 14.3. The van der Waals surface area contributed by atoms with Crippen LogP contribution < -0.4 is 5.32 Å². The Morgan fingerprint density at radius 3 is 2.46 bits per heavy atom. The predicted molar refractivity (Wildman–Crippen MR) is 116 cm³/mol. The lowest BCUT2D eigenvalue weighted by Gasteiger charge is -2.04. The van der Waals surface area contributed by atoms with E-state index in [1.165, 1.54) is 6.07 Å². The van der Waals surface area contributed by atoms with Gasteiger partial charge in [-0.2, -0.15) is 8.42 Å². The molecule has 5 nitrogen and oxygen atoms in total. The number of hydrogen-bond acceptors (Lipinski definition) is 4. The lowest BCUT2D eigenvalue weighted by molar-refractivity contribution is -0.115. The second kappa shape index (κ2) is 7.54. The Morgan fingerprint density at radius 1 is 0.964 bits per heavy atom. The summed E-state index contributed by atoms with van der Waals surface area (Å²) in [5, 5.41) is 3.97. The van der Waals surface area contributed by atoms with E-state index in [0.717, 1.165) is 27.2 Å². The minimum Gasteiger partial charge on any atom is -0.300 e. The number of carbonyl (C=O) groups excluding carboxylic acids is 1. The molecule has 1 heterocycles. The third kappa shape index (κ3) is 3.89. The summed E-state index contributed by atoms with van der Waals surface area (Å²) in [5.74, 6) is -0.375. The fraction of sp³-hybridized carbons (Fsp3) is 0. The van der Waals surface area contributed by atoms with Crippen molar-refractivity contribution in [3.8, 4) is 0 Å². The van der Waals surface area contributed by atoms with E-state index in [4.69, 9.17) is 0 Å². The zero-order chi connectivity index (χ0) is 19.7. The van der Waals surface area contributed by atoms with E-state index in [9.17, 15) is 13.2 Å². The molecule has 0 atom stereocenters. The summed E-state index contributed by atoms with van der Waals surface area (Å²) in [5.41, 5.74) is 0.832. The Balaban J connectivity index is 1.67. The minimum atomic E-state index is -3.98. The van der Waals surface area contributed by atoms with E-state index in [-0.39, 0.29) is 16.0 Å². The monoisotopic (exact) mass is 472 g/mol. The summed E-state index contributed by atoms with van der Waals surface area (Å²) in [4.78, 5) is 12.7. The number of amides is 1. The van der Waals surface area contributed by atoms with Gasteiger partial charge in [0.15, 0.2) is 5.17 Å². The fourth-order valence-electron chi connectivity index (χ4n) is 2.76. The van der Waals surface area contributed by atoms with Crippen molar-refractivity contribution in [2.24, 2.45) is 4.40 Å². The van der Waals surface area contributed by atoms with Crippen LogP contribution in [-0.4, -0.2) is 19.5 Å². The van der Waals surface area contributed by atoms with Crippen LogP contribution >= 0.6 is 27.7 Å². The summed E-state index contributed by atoms with van der Waals surface area (Å²) >= 11 is 4.37. The van der Waals surface area contributed by atoms with Crippen LogP contribution in [0.1, 0.15) is 5.56 Å². The van der Waals surface area contributed by atoms with Crippen molar-refractivity contribution in [2.75, 3.05) is 0 Å². The van der Waals surface area contributed by atoms with Crippen LogP contribution in [0.15, 0.2) is 85.4 Å². The lowest BCUT2D eigenvalue weighted by Crippen LogP contribution is -2.20. The molecule has 140 valence electrons. The molecule has 1 amide bonds. The van der Waals surface area contributed by atoms with Gasteiger partial charge in [-0.3, -0.25) is 10.1 Å². The summed E-state index contributed by atoms with van der Waals surface area (Å²) in [6, 6.07) is 19.7. The third-order valence-electron chi connectivity index (χ3n) is 4.05. The lowest BCUT2D eigenvalue weighted by atomic mass is 10.1. The number of nitrogens with one attached hydrogen (secondary N) is 1. The van der Waals surface area contributed by atoms with Crippen LogP contribution in [0, 0.1) is 0 Å². The van der Waals surface area contributed by atoms with Crippen LogP contribution in [-0.2, 0) is 14.8 Å². The molecule has 4 rings (SSSR count).